The summed E-state index contributed by atoms with van der Waals surface area (Å²) in [7, 11) is 0. The molecule has 3 nitrogen and oxygen atoms in total. The number of para-hydroxylation sites is 1. The van der Waals surface area contributed by atoms with E-state index >= 15 is 0 Å². The molecule has 0 aliphatic carbocycles. The Balaban J connectivity index is 2.53. The van der Waals surface area contributed by atoms with E-state index < -0.39 is 0 Å². The van der Waals surface area contributed by atoms with Crippen LogP contribution in [0.15, 0.2) is 35.5 Å². The summed E-state index contributed by atoms with van der Waals surface area (Å²) >= 11 is 0. The number of fused-ring (bicyclic) bond motifs is 3. The highest BCUT2D eigenvalue weighted by molar-refractivity contribution is 5.77. The number of pyridine rings is 1. The minimum Gasteiger partial charge on any atom is -0.499 e. The molecule has 1 aliphatic heterocycles. The van der Waals surface area contributed by atoms with Crippen molar-refractivity contribution in [1.29, 1.82) is 0 Å². The maximum absolute atomic E-state index is 5.31. The van der Waals surface area contributed by atoms with E-state index in [1.54, 1.807) is 6.26 Å². The molecule has 1 aromatic carbocycles. The Hall–Kier alpha value is -1.90. The molecule has 2 aromatic rings. The van der Waals surface area contributed by atoms with Gasteiger partial charge in [0.25, 0.3) is 0 Å². The molecule has 15 heavy (non-hydrogen) atoms. The summed E-state index contributed by atoms with van der Waals surface area (Å²) in [5.41, 5.74) is 0.982. The fraction of sp³-hybridized carbons (Fsp3) is 0.167. The van der Waals surface area contributed by atoms with Crippen LogP contribution in [0, 0.1) is 0 Å². The zero-order valence-corrected chi connectivity index (χ0v) is 8.18. The lowest BCUT2D eigenvalue weighted by Crippen LogP contribution is -2.26. The highest BCUT2D eigenvalue weighted by Crippen LogP contribution is 2.03. The zero-order valence-electron chi connectivity index (χ0n) is 8.18. The van der Waals surface area contributed by atoms with Crippen LogP contribution < -0.4 is 10.6 Å². The van der Waals surface area contributed by atoms with Crippen LogP contribution in [0.3, 0.4) is 0 Å². The zero-order chi connectivity index (χ0) is 10.1. The van der Waals surface area contributed by atoms with Crippen molar-refractivity contribution in [3.63, 3.8) is 0 Å². The number of rotatable bonds is 0. The quantitative estimate of drug-likeness (QED) is 0.622. The minimum atomic E-state index is 0.642. The molecule has 1 aromatic heterocycles. The maximum Gasteiger partial charge on any atom is 0.107 e. The van der Waals surface area contributed by atoms with E-state index in [4.69, 9.17) is 4.74 Å². The number of nitrogens with zero attached hydrogens (tertiary/aromatic N) is 2. The summed E-state index contributed by atoms with van der Waals surface area (Å²) in [5, 5.41) is 3.06. The normalized spacial score (nSPS) is 14.4. The van der Waals surface area contributed by atoms with Crippen LogP contribution >= 0.6 is 0 Å². The van der Waals surface area contributed by atoms with Gasteiger partial charge in [-0.25, -0.2) is 0 Å². The number of hydrogen-bond donors (Lipinski definition) is 0. The summed E-state index contributed by atoms with van der Waals surface area (Å²) in [4.78, 5) is 8.88. The molecular formula is C12H10N2O. The fourth-order valence-corrected chi connectivity index (χ4v) is 1.76. The average Bonchev–Trinajstić information content (AvgIpc) is 2.54. The Morgan fingerprint density at radius 3 is 3.13 bits per heavy atom. The van der Waals surface area contributed by atoms with E-state index in [1.807, 2.05) is 30.5 Å². The standard InChI is InChI=1S/C12H10N2O/c1-2-4-11-10(3-1)12-9(7-14-11)8-15-6-5-13-12/h1-4,7-8H,5-6H2. The third kappa shape index (κ3) is 1.36. The molecule has 0 atom stereocenters. The van der Waals surface area contributed by atoms with Crippen LogP contribution in [-0.4, -0.2) is 18.1 Å². The first-order valence-electron chi connectivity index (χ1n) is 4.95. The SMILES string of the molecule is C1=c2cnc3ccccc3c2=NCCO1. The molecule has 3 rings (SSSR count). The average molecular weight is 198 g/mol. The molecule has 0 unspecified atom stereocenters. The molecule has 3 heteroatoms. The van der Waals surface area contributed by atoms with Gasteiger partial charge in [0.05, 0.1) is 28.9 Å². The van der Waals surface area contributed by atoms with Crippen LogP contribution in [0.4, 0.5) is 0 Å². The van der Waals surface area contributed by atoms with Gasteiger partial charge in [-0.3, -0.25) is 9.98 Å². The molecule has 74 valence electrons. The Kier molecular flexibility index (Phi) is 1.88. The molecule has 0 amide bonds. The molecule has 0 N–H and O–H groups in total. The lowest BCUT2D eigenvalue weighted by atomic mass is 10.2. The van der Waals surface area contributed by atoms with Gasteiger partial charge in [0.1, 0.15) is 6.61 Å². The lowest BCUT2D eigenvalue weighted by Gasteiger charge is -1.96. The Bertz CT molecular complexity index is 619. The van der Waals surface area contributed by atoms with Gasteiger partial charge in [-0.05, 0) is 6.07 Å². The topological polar surface area (TPSA) is 34.5 Å². The summed E-state index contributed by atoms with van der Waals surface area (Å²) in [5.74, 6) is 0. The van der Waals surface area contributed by atoms with Crippen LogP contribution in [0.1, 0.15) is 0 Å². The van der Waals surface area contributed by atoms with E-state index in [9.17, 15) is 0 Å². The van der Waals surface area contributed by atoms with Crippen molar-refractivity contribution in [3.8, 4) is 0 Å². The van der Waals surface area contributed by atoms with Crippen molar-refractivity contribution in [3.05, 3.63) is 41.0 Å². The maximum atomic E-state index is 5.31. The van der Waals surface area contributed by atoms with Gasteiger partial charge in [0.2, 0.25) is 0 Å². The highest BCUT2D eigenvalue weighted by atomic mass is 16.5. The lowest BCUT2D eigenvalue weighted by molar-refractivity contribution is 0.307. The highest BCUT2D eigenvalue weighted by Gasteiger charge is 2.00. The van der Waals surface area contributed by atoms with Crippen molar-refractivity contribution in [2.45, 2.75) is 0 Å². The molecule has 0 radical (unpaired) electrons. The Morgan fingerprint density at radius 1 is 1.20 bits per heavy atom. The first-order chi connectivity index (χ1) is 7.45. The van der Waals surface area contributed by atoms with Crippen LogP contribution in [0.25, 0.3) is 17.2 Å². The van der Waals surface area contributed by atoms with E-state index in [-0.39, 0.29) is 0 Å². The van der Waals surface area contributed by atoms with Gasteiger partial charge in [-0.15, -0.1) is 0 Å². The third-order valence-corrected chi connectivity index (χ3v) is 2.46. The molecule has 2 heterocycles. The molecule has 1 aliphatic rings. The third-order valence-electron chi connectivity index (χ3n) is 2.46. The van der Waals surface area contributed by atoms with Gasteiger partial charge in [-0.1, -0.05) is 18.2 Å². The second-order valence-corrected chi connectivity index (χ2v) is 3.45. The molecular weight excluding hydrogens is 188 g/mol. The largest absolute Gasteiger partial charge is 0.499 e. The van der Waals surface area contributed by atoms with Gasteiger partial charge in [0.15, 0.2) is 0 Å². The predicted molar refractivity (Wildman–Crippen MR) is 57.8 cm³/mol. The smallest absolute Gasteiger partial charge is 0.107 e. The summed E-state index contributed by atoms with van der Waals surface area (Å²) < 4.78 is 5.31. The predicted octanol–water partition coefficient (Wildman–Crippen LogP) is 0.623. The van der Waals surface area contributed by atoms with E-state index in [2.05, 4.69) is 9.98 Å². The van der Waals surface area contributed by atoms with E-state index in [0.717, 1.165) is 21.5 Å². The van der Waals surface area contributed by atoms with E-state index in [0.29, 0.717) is 13.2 Å². The Morgan fingerprint density at radius 2 is 2.13 bits per heavy atom. The van der Waals surface area contributed by atoms with Gasteiger partial charge in [0, 0.05) is 11.6 Å². The summed E-state index contributed by atoms with van der Waals surface area (Å²) in [6, 6.07) is 8.03. The number of ether oxygens (including phenoxy) is 1. The van der Waals surface area contributed by atoms with Crippen molar-refractivity contribution in [1.82, 2.24) is 4.98 Å². The number of hydrogen-bond acceptors (Lipinski definition) is 3. The monoisotopic (exact) mass is 198 g/mol. The van der Waals surface area contributed by atoms with E-state index in [1.165, 1.54) is 0 Å². The van der Waals surface area contributed by atoms with Crippen molar-refractivity contribution in [2.24, 2.45) is 4.99 Å². The molecule has 0 spiro atoms. The van der Waals surface area contributed by atoms with Gasteiger partial charge in [-0.2, -0.15) is 0 Å². The summed E-state index contributed by atoms with van der Waals surface area (Å²) in [6.07, 6.45) is 3.55. The fourth-order valence-electron chi connectivity index (χ4n) is 1.76. The van der Waals surface area contributed by atoms with Crippen molar-refractivity contribution >= 4 is 17.2 Å². The van der Waals surface area contributed by atoms with Crippen LogP contribution in [0.2, 0.25) is 0 Å². The number of benzene rings is 1. The van der Waals surface area contributed by atoms with Gasteiger partial charge >= 0.3 is 0 Å². The van der Waals surface area contributed by atoms with Gasteiger partial charge < -0.3 is 4.74 Å². The van der Waals surface area contributed by atoms with Crippen LogP contribution in [-0.2, 0) is 4.74 Å². The second kappa shape index (κ2) is 3.35. The van der Waals surface area contributed by atoms with Crippen LogP contribution in [0.5, 0.6) is 0 Å². The first kappa shape index (κ1) is 8.41. The van der Waals surface area contributed by atoms with Crippen molar-refractivity contribution in [2.75, 3.05) is 13.2 Å². The Labute approximate surface area is 86.7 Å². The second-order valence-electron chi connectivity index (χ2n) is 3.45. The first-order valence-corrected chi connectivity index (χ1v) is 4.95. The summed E-state index contributed by atoms with van der Waals surface area (Å²) in [6.45, 7) is 1.35. The van der Waals surface area contributed by atoms with Crippen molar-refractivity contribution < 1.29 is 4.74 Å². The molecule has 0 bridgehead atoms. The molecule has 0 fully saturated rings. The number of aromatic nitrogens is 1. The molecule has 0 saturated heterocycles. The molecule has 0 saturated carbocycles. The minimum absolute atomic E-state index is 0.642.